The highest BCUT2D eigenvalue weighted by molar-refractivity contribution is 5.92. The summed E-state index contributed by atoms with van der Waals surface area (Å²) < 4.78 is 11.2. The van der Waals surface area contributed by atoms with Crippen LogP contribution in [0.2, 0.25) is 0 Å². The molecule has 0 spiro atoms. The van der Waals surface area contributed by atoms with E-state index in [9.17, 15) is 4.79 Å². The second-order valence-electron chi connectivity index (χ2n) is 7.09. The van der Waals surface area contributed by atoms with E-state index in [0.29, 0.717) is 13.1 Å². The maximum absolute atomic E-state index is 13.1. The molecule has 4 rings (SSSR count). The van der Waals surface area contributed by atoms with Crippen LogP contribution < -0.4 is 10.2 Å². The normalized spacial score (nSPS) is 19.4. The lowest BCUT2D eigenvalue weighted by molar-refractivity contribution is 0.0803. The van der Waals surface area contributed by atoms with Crippen molar-refractivity contribution >= 4 is 17.5 Å². The van der Waals surface area contributed by atoms with Gasteiger partial charge in [-0.3, -0.25) is 0 Å². The van der Waals surface area contributed by atoms with E-state index in [0.717, 1.165) is 62.6 Å². The molecule has 0 saturated carbocycles. The number of furan rings is 1. The van der Waals surface area contributed by atoms with Crippen molar-refractivity contribution in [1.29, 1.82) is 0 Å². The van der Waals surface area contributed by atoms with Crippen molar-refractivity contribution in [2.75, 3.05) is 36.5 Å². The van der Waals surface area contributed by atoms with E-state index in [4.69, 9.17) is 9.15 Å². The summed E-state index contributed by atoms with van der Waals surface area (Å²) in [4.78, 5) is 21.6. The summed E-state index contributed by atoms with van der Waals surface area (Å²) in [5.74, 6) is 1.60. The van der Waals surface area contributed by atoms with Crippen LogP contribution in [0, 0.1) is 0 Å². The van der Waals surface area contributed by atoms with E-state index >= 15 is 0 Å². The number of nitrogens with one attached hydrogen (secondary N) is 1. The van der Waals surface area contributed by atoms with Gasteiger partial charge in [0.05, 0.1) is 24.6 Å². The Kier molecular flexibility index (Phi) is 5.58. The Bertz CT molecular complexity index is 737. The summed E-state index contributed by atoms with van der Waals surface area (Å²) in [6.07, 6.45) is 7.83. The fourth-order valence-electron chi connectivity index (χ4n) is 3.71. The van der Waals surface area contributed by atoms with Crippen LogP contribution in [0.25, 0.3) is 0 Å². The molecular weight excluding hydrogens is 344 g/mol. The summed E-state index contributed by atoms with van der Waals surface area (Å²) in [6.45, 7) is 3.68. The highest BCUT2D eigenvalue weighted by Gasteiger charge is 2.25. The first-order chi connectivity index (χ1) is 13.3. The molecule has 0 unspecified atom stereocenters. The quantitative estimate of drug-likeness (QED) is 0.843. The Morgan fingerprint density at radius 2 is 2.15 bits per heavy atom. The monoisotopic (exact) mass is 370 g/mol. The molecule has 1 atom stereocenters. The van der Waals surface area contributed by atoms with E-state index in [1.165, 1.54) is 0 Å². The second kappa shape index (κ2) is 8.43. The molecule has 144 valence electrons. The highest BCUT2D eigenvalue weighted by Crippen LogP contribution is 2.26. The van der Waals surface area contributed by atoms with Crippen molar-refractivity contribution in [3.8, 4) is 0 Å². The Morgan fingerprint density at radius 3 is 2.89 bits per heavy atom. The molecule has 4 heterocycles. The van der Waals surface area contributed by atoms with Gasteiger partial charge in [0.15, 0.2) is 5.82 Å². The van der Waals surface area contributed by atoms with Gasteiger partial charge in [-0.25, -0.2) is 9.78 Å². The SMILES string of the molecule is O=C(Nc1cccnc1N1CCCC1)N(Cc1ccco1)C[C@@H]1CCCO1. The van der Waals surface area contributed by atoms with Crippen LogP contribution in [-0.4, -0.2) is 48.3 Å². The lowest BCUT2D eigenvalue weighted by atomic mass is 10.2. The number of carbonyl (C=O) groups excluding carboxylic acids is 1. The number of ether oxygens (including phenoxy) is 1. The number of aromatic nitrogens is 1. The number of pyridine rings is 1. The number of rotatable bonds is 6. The molecular formula is C20H26N4O3. The average molecular weight is 370 g/mol. The zero-order chi connectivity index (χ0) is 18.5. The molecule has 7 nitrogen and oxygen atoms in total. The van der Waals surface area contributed by atoms with Gasteiger partial charge in [-0.1, -0.05) is 0 Å². The third-order valence-corrected chi connectivity index (χ3v) is 5.10. The summed E-state index contributed by atoms with van der Waals surface area (Å²) in [5, 5.41) is 3.06. The molecule has 0 aliphatic carbocycles. The minimum atomic E-state index is -0.157. The number of anilines is 2. The van der Waals surface area contributed by atoms with Gasteiger partial charge in [-0.05, 0) is 49.9 Å². The Morgan fingerprint density at radius 1 is 1.26 bits per heavy atom. The van der Waals surface area contributed by atoms with E-state index < -0.39 is 0 Å². The van der Waals surface area contributed by atoms with Gasteiger partial charge in [0.1, 0.15) is 5.76 Å². The third kappa shape index (κ3) is 4.42. The van der Waals surface area contributed by atoms with Crippen molar-refractivity contribution in [3.63, 3.8) is 0 Å². The molecule has 2 saturated heterocycles. The predicted molar refractivity (Wildman–Crippen MR) is 103 cm³/mol. The molecule has 0 radical (unpaired) electrons. The minimum Gasteiger partial charge on any atom is -0.467 e. The van der Waals surface area contributed by atoms with Gasteiger partial charge >= 0.3 is 6.03 Å². The lowest BCUT2D eigenvalue weighted by Gasteiger charge is -2.26. The smallest absolute Gasteiger partial charge is 0.322 e. The van der Waals surface area contributed by atoms with Gasteiger partial charge in [-0.15, -0.1) is 0 Å². The van der Waals surface area contributed by atoms with E-state index in [1.54, 1.807) is 17.4 Å². The molecule has 7 heteroatoms. The Hall–Kier alpha value is -2.54. The van der Waals surface area contributed by atoms with Crippen LogP contribution in [-0.2, 0) is 11.3 Å². The average Bonchev–Trinajstić information content (AvgIpc) is 3.45. The van der Waals surface area contributed by atoms with Crippen LogP contribution >= 0.6 is 0 Å². The fraction of sp³-hybridized carbons (Fsp3) is 0.500. The maximum atomic E-state index is 13.1. The van der Waals surface area contributed by atoms with E-state index in [1.807, 2.05) is 24.3 Å². The first-order valence-corrected chi connectivity index (χ1v) is 9.69. The van der Waals surface area contributed by atoms with Gasteiger partial charge in [0.2, 0.25) is 0 Å². The molecule has 2 aliphatic rings. The highest BCUT2D eigenvalue weighted by atomic mass is 16.5. The largest absolute Gasteiger partial charge is 0.467 e. The first kappa shape index (κ1) is 17.9. The predicted octanol–water partition coefficient (Wildman–Crippen LogP) is 3.49. The first-order valence-electron chi connectivity index (χ1n) is 9.69. The second-order valence-corrected chi connectivity index (χ2v) is 7.09. The van der Waals surface area contributed by atoms with Crippen LogP contribution in [0.1, 0.15) is 31.4 Å². The molecule has 2 amide bonds. The molecule has 2 aliphatic heterocycles. The fourth-order valence-corrected chi connectivity index (χ4v) is 3.71. The number of amides is 2. The van der Waals surface area contributed by atoms with Crippen LogP contribution in [0.4, 0.5) is 16.3 Å². The van der Waals surface area contributed by atoms with Crippen LogP contribution in [0.5, 0.6) is 0 Å². The topological polar surface area (TPSA) is 70.8 Å². The number of hydrogen-bond acceptors (Lipinski definition) is 5. The zero-order valence-corrected chi connectivity index (χ0v) is 15.5. The Balaban J connectivity index is 1.49. The van der Waals surface area contributed by atoms with Crippen molar-refractivity contribution < 1.29 is 13.9 Å². The van der Waals surface area contributed by atoms with Gasteiger partial charge in [-0.2, -0.15) is 0 Å². The third-order valence-electron chi connectivity index (χ3n) is 5.10. The van der Waals surface area contributed by atoms with Crippen molar-refractivity contribution in [1.82, 2.24) is 9.88 Å². The zero-order valence-electron chi connectivity index (χ0n) is 15.5. The molecule has 2 aromatic rings. The molecule has 2 fully saturated rings. The summed E-state index contributed by atoms with van der Waals surface area (Å²) in [5.41, 5.74) is 0.751. The molecule has 0 aromatic carbocycles. The minimum absolute atomic E-state index is 0.0812. The van der Waals surface area contributed by atoms with Crippen molar-refractivity contribution in [2.24, 2.45) is 0 Å². The maximum Gasteiger partial charge on any atom is 0.322 e. The lowest BCUT2D eigenvalue weighted by Crippen LogP contribution is -2.40. The Labute approximate surface area is 159 Å². The van der Waals surface area contributed by atoms with Gasteiger partial charge in [0.25, 0.3) is 0 Å². The van der Waals surface area contributed by atoms with E-state index in [2.05, 4.69) is 15.2 Å². The number of nitrogens with zero attached hydrogens (tertiary/aromatic N) is 3. The molecule has 0 bridgehead atoms. The number of hydrogen-bond donors (Lipinski definition) is 1. The molecule has 1 N–H and O–H groups in total. The number of carbonyl (C=O) groups is 1. The summed E-state index contributed by atoms with van der Waals surface area (Å²) >= 11 is 0. The molecule has 27 heavy (non-hydrogen) atoms. The van der Waals surface area contributed by atoms with Crippen molar-refractivity contribution in [2.45, 2.75) is 38.3 Å². The molecule has 2 aromatic heterocycles. The van der Waals surface area contributed by atoms with Crippen LogP contribution in [0.15, 0.2) is 41.1 Å². The van der Waals surface area contributed by atoms with Gasteiger partial charge < -0.3 is 24.3 Å². The van der Waals surface area contributed by atoms with Gasteiger partial charge in [0, 0.05) is 32.4 Å². The summed E-state index contributed by atoms with van der Waals surface area (Å²) in [6, 6.07) is 7.33. The summed E-state index contributed by atoms with van der Waals surface area (Å²) in [7, 11) is 0. The standard InChI is InChI=1S/C20H26N4O3/c25-20(22-18-8-3-9-21-19(18)23-10-1-2-11-23)24(14-16-6-4-12-26-16)15-17-7-5-13-27-17/h3-4,6,8-9,12,17H,1-2,5,7,10-11,13-15H2,(H,22,25)/t17-/m0/s1. The number of urea groups is 1. The van der Waals surface area contributed by atoms with E-state index in [-0.39, 0.29) is 12.1 Å². The van der Waals surface area contributed by atoms with Crippen LogP contribution in [0.3, 0.4) is 0 Å². The van der Waals surface area contributed by atoms with Crippen molar-refractivity contribution in [3.05, 3.63) is 42.5 Å².